The summed E-state index contributed by atoms with van der Waals surface area (Å²) in [5, 5.41) is 15.6. The first-order valence-corrected chi connectivity index (χ1v) is 8.36. The van der Waals surface area contributed by atoms with Crippen molar-refractivity contribution in [3.8, 4) is 23.0 Å². The first-order chi connectivity index (χ1) is 12.6. The molecule has 1 amide bonds. The van der Waals surface area contributed by atoms with Crippen molar-refractivity contribution in [2.24, 2.45) is 5.92 Å². The number of hydrogen-bond acceptors (Lipinski definition) is 6. The zero-order valence-corrected chi connectivity index (χ0v) is 15.0. The number of nitrogens with one attached hydrogen (secondary N) is 1. The molecule has 2 heterocycles. The lowest BCUT2D eigenvalue weighted by molar-refractivity contribution is -0.124. The fourth-order valence-corrected chi connectivity index (χ4v) is 2.33. The second kappa shape index (κ2) is 7.81. The van der Waals surface area contributed by atoms with E-state index in [0.717, 1.165) is 11.3 Å². The molecular weight excluding hydrogens is 334 g/mol. The summed E-state index contributed by atoms with van der Waals surface area (Å²) in [5.41, 5.74) is 1.45. The summed E-state index contributed by atoms with van der Waals surface area (Å²) in [7, 11) is 1.61. The fraction of sp³-hybridized carbons (Fsp3) is 0.333. The van der Waals surface area contributed by atoms with Gasteiger partial charge in [0.25, 0.3) is 0 Å². The van der Waals surface area contributed by atoms with Crippen molar-refractivity contribution < 1.29 is 14.3 Å². The summed E-state index contributed by atoms with van der Waals surface area (Å²) in [6.45, 7) is 4.44. The molecule has 26 heavy (non-hydrogen) atoms. The molecule has 1 N–H and O–H groups in total. The molecule has 0 aliphatic carbocycles. The second-order valence-corrected chi connectivity index (χ2v) is 5.99. The van der Waals surface area contributed by atoms with E-state index >= 15 is 0 Å². The van der Waals surface area contributed by atoms with E-state index in [2.05, 4.69) is 20.6 Å². The van der Waals surface area contributed by atoms with Gasteiger partial charge < -0.3 is 14.8 Å². The number of benzene rings is 1. The van der Waals surface area contributed by atoms with E-state index in [4.69, 9.17) is 9.47 Å². The van der Waals surface area contributed by atoms with Gasteiger partial charge in [0, 0.05) is 17.5 Å². The number of methoxy groups -OCH3 is 1. The van der Waals surface area contributed by atoms with Crippen molar-refractivity contribution in [3.63, 3.8) is 0 Å². The minimum atomic E-state index is -0.0491. The van der Waals surface area contributed by atoms with Crippen molar-refractivity contribution in [1.29, 1.82) is 0 Å². The second-order valence-electron chi connectivity index (χ2n) is 5.99. The van der Waals surface area contributed by atoms with Gasteiger partial charge in [-0.3, -0.25) is 4.79 Å². The molecule has 8 nitrogen and oxygen atoms in total. The predicted octanol–water partition coefficient (Wildman–Crippen LogP) is 1.95. The van der Waals surface area contributed by atoms with Crippen molar-refractivity contribution in [2.75, 3.05) is 20.3 Å². The summed E-state index contributed by atoms with van der Waals surface area (Å²) >= 11 is 0. The maximum Gasteiger partial charge on any atom is 0.231 e. The molecule has 0 aliphatic rings. The maximum atomic E-state index is 11.5. The van der Waals surface area contributed by atoms with E-state index in [0.29, 0.717) is 30.5 Å². The van der Waals surface area contributed by atoms with Gasteiger partial charge >= 0.3 is 0 Å². The molecule has 3 rings (SSSR count). The van der Waals surface area contributed by atoms with Gasteiger partial charge in [-0.05, 0) is 18.2 Å². The fourth-order valence-electron chi connectivity index (χ4n) is 2.33. The van der Waals surface area contributed by atoms with Crippen LogP contribution in [0.3, 0.4) is 0 Å². The third kappa shape index (κ3) is 3.90. The molecule has 0 atom stereocenters. The Morgan fingerprint density at radius 1 is 1.23 bits per heavy atom. The van der Waals surface area contributed by atoms with Crippen LogP contribution in [-0.4, -0.2) is 46.0 Å². The van der Waals surface area contributed by atoms with E-state index in [9.17, 15) is 4.79 Å². The highest BCUT2D eigenvalue weighted by atomic mass is 16.5. The number of hydrogen-bond donors (Lipinski definition) is 1. The molecule has 136 valence electrons. The quantitative estimate of drug-likeness (QED) is 0.652. The number of rotatable bonds is 7. The Hall–Kier alpha value is -3.16. The van der Waals surface area contributed by atoms with Crippen LogP contribution in [0.2, 0.25) is 0 Å². The van der Waals surface area contributed by atoms with Crippen LogP contribution in [0.25, 0.3) is 17.0 Å². The van der Waals surface area contributed by atoms with Crippen molar-refractivity contribution in [3.05, 3.63) is 36.4 Å². The van der Waals surface area contributed by atoms with Crippen LogP contribution in [0, 0.1) is 5.92 Å². The van der Waals surface area contributed by atoms with E-state index in [1.54, 1.807) is 23.8 Å². The molecule has 0 bridgehead atoms. The number of carbonyl (C=O) groups is 1. The minimum absolute atomic E-state index is 0.00358. The minimum Gasteiger partial charge on any atom is -0.497 e. The normalized spacial score (nSPS) is 10.9. The van der Waals surface area contributed by atoms with Crippen LogP contribution in [0.5, 0.6) is 11.6 Å². The summed E-state index contributed by atoms with van der Waals surface area (Å²) in [5.74, 6) is 1.70. The topological polar surface area (TPSA) is 90.6 Å². The summed E-state index contributed by atoms with van der Waals surface area (Å²) in [4.78, 5) is 11.5. The summed E-state index contributed by atoms with van der Waals surface area (Å²) < 4.78 is 12.5. The molecule has 0 aliphatic heterocycles. The molecule has 0 radical (unpaired) electrons. The molecule has 3 aromatic rings. The Morgan fingerprint density at radius 3 is 2.85 bits per heavy atom. The monoisotopic (exact) mass is 355 g/mol. The smallest absolute Gasteiger partial charge is 0.231 e. The van der Waals surface area contributed by atoms with Crippen LogP contribution in [0.15, 0.2) is 36.4 Å². The number of aromatic nitrogens is 4. The van der Waals surface area contributed by atoms with Crippen molar-refractivity contribution >= 4 is 11.6 Å². The predicted molar refractivity (Wildman–Crippen MR) is 96.1 cm³/mol. The van der Waals surface area contributed by atoms with Crippen molar-refractivity contribution in [1.82, 2.24) is 25.1 Å². The van der Waals surface area contributed by atoms with Crippen LogP contribution in [-0.2, 0) is 4.79 Å². The van der Waals surface area contributed by atoms with Crippen molar-refractivity contribution in [2.45, 2.75) is 13.8 Å². The van der Waals surface area contributed by atoms with Gasteiger partial charge in [-0.15, -0.1) is 15.3 Å². The van der Waals surface area contributed by atoms with Gasteiger partial charge in [0.1, 0.15) is 12.4 Å². The van der Waals surface area contributed by atoms with Gasteiger partial charge in [0.05, 0.1) is 13.7 Å². The lowest BCUT2D eigenvalue weighted by Crippen LogP contribution is -2.31. The van der Waals surface area contributed by atoms with Gasteiger partial charge in [0.2, 0.25) is 11.8 Å². The molecular formula is C18H21N5O3. The first kappa shape index (κ1) is 17.7. The van der Waals surface area contributed by atoms with Crippen LogP contribution >= 0.6 is 0 Å². The van der Waals surface area contributed by atoms with E-state index < -0.39 is 0 Å². The molecule has 0 spiro atoms. The largest absolute Gasteiger partial charge is 0.497 e. The lowest BCUT2D eigenvalue weighted by atomic mass is 10.2. The van der Waals surface area contributed by atoms with Gasteiger partial charge in [-0.25, -0.2) is 0 Å². The number of fused-ring (bicyclic) bond motifs is 1. The van der Waals surface area contributed by atoms with Gasteiger partial charge in [-0.2, -0.15) is 4.52 Å². The first-order valence-electron chi connectivity index (χ1n) is 8.36. The maximum absolute atomic E-state index is 11.5. The Kier molecular flexibility index (Phi) is 5.31. The molecule has 0 saturated carbocycles. The average Bonchev–Trinajstić information content (AvgIpc) is 3.08. The van der Waals surface area contributed by atoms with Gasteiger partial charge in [0.15, 0.2) is 11.5 Å². The zero-order chi connectivity index (χ0) is 18.5. The standard InChI is InChI=1S/C18H21N5O3/c1-12(2)18(24)19-9-10-26-16-8-7-15-20-21-17(23(15)22-16)13-5-4-6-14(11-13)25-3/h4-8,11-12H,9-10H2,1-3H3,(H,19,24). The van der Waals surface area contributed by atoms with E-state index in [1.165, 1.54) is 0 Å². The van der Waals surface area contributed by atoms with Crippen LogP contribution < -0.4 is 14.8 Å². The third-order valence-electron chi connectivity index (χ3n) is 3.74. The molecule has 8 heteroatoms. The molecule has 0 unspecified atom stereocenters. The highest BCUT2D eigenvalue weighted by molar-refractivity contribution is 5.77. The van der Waals surface area contributed by atoms with Gasteiger partial charge in [-0.1, -0.05) is 26.0 Å². The van der Waals surface area contributed by atoms with Crippen LogP contribution in [0.1, 0.15) is 13.8 Å². The number of carbonyl (C=O) groups excluding carboxylic acids is 1. The highest BCUT2D eigenvalue weighted by Gasteiger charge is 2.11. The van der Waals surface area contributed by atoms with E-state index in [-0.39, 0.29) is 11.8 Å². The Balaban J connectivity index is 1.74. The van der Waals surface area contributed by atoms with Crippen LogP contribution in [0.4, 0.5) is 0 Å². The Morgan fingerprint density at radius 2 is 2.08 bits per heavy atom. The zero-order valence-electron chi connectivity index (χ0n) is 15.0. The SMILES string of the molecule is COc1cccc(-c2nnc3ccc(OCCNC(=O)C(C)C)nn23)c1. The molecule has 2 aromatic heterocycles. The molecule has 0 fully saturated rings. The Bertz CT molecular complexity index is 907. The van der Waals surface area contributed by atoms with E-state index in [1.807, 2.05) is 38.1 Å². The highest BCUT2D eigenvalue weighted by Crippen LogP contribution is 2.23. The molecule has 0 saturated heterocycles. The Labute approximate surface area is 151 Å². The number of nitrogens with zero attached hydrogens (tertiary/aromatic N) is 4. The number of ether oxygens (including phenoxy) is 2. The third-order valence-corrected chi connectivity index (χ3v) is 3.74. The molecule has 1 aromatic carbocycles. The number of amides is 1. The lowest BCUT2D eigenvalue weighted by Gasteiger charge is -2.09. The summed E-state index contributed by atoms with van der Waals surface area (Å²) in [6, 6.07) is 11.0. The average molecular weight is 355 g/mol. The summed E-state index contributed by atoms with van der Waals surface area (Å²) in [6.07, 6.45) is 0.